The molecule has 1 atom stereocenters. The molecule has 1 heterocycles. The monoisotopic (exact) mass is 366 g/mol. The fourth-order valence-electron chi connectivity index (χ4n) is 2.53. The fraction of sp³-hybridized carbons (Fsp3) is 0.562. The largest absolute Gasteiger partial charge is 0.484 e. The summed E-state index contributed by atoms with van der Waals surface area (Å²) in [6, 6.07) is 6.42. The zero-order valence-corrected chi connectivity index (χ0v) is 14.0. The molecule has 1 amide bonds. The number of halogens is 4. The fourth-order valence-corrected chi connectivity index (χ4v) is 2.53. The first-order chi connectivity index (χ1) is 10.9. The van der Waals surface area contributed by atoms with Gasteiger partial charge in [-0.05, 0) is 37.9 Å². The van der Waals surface area contributed by atoms with Gasteiger partial charge >= 0.3 is 6.18 Å². The third-order valence-electron chi connectivity index (χ3n) is 3.78. The van der Waals surface area contributed by atoms with E-state index in [-0.39, 0.29) is 30.6 Å². The van der Waals surface area contributed by atoms with Crippen molar-refractivity contribution >= 4 is 18.3 Å². The second kappa shape index (κ2) is 9.74. The maximum Gasteiger partial charge on any atom is 0.422 e. The number of nitrogens with one attached hydrogen (secondary N) is 2. The molecule has 8 heteroatoms. The van der Waals surface area contributed by atoms with Crippen molar-refractivity contribution in [3.8, 4) is 5.75 Å². The molecule has 1 aromatic carbocycles. The minimum atomic E-state index is -4.38. The van der Waals surface area contributed by atoms with Crippen LogP contribution in [-0.4, -0.2) is 31.8 Å². The maximum atomic E-state index is 12.2. The van der Waals surface area contributed by atoms with Crippen LogP contribution in [0.1, 0.15) is 24.8 Å². The molecule has 24 heavy (non-hydrogen) atoms. The van der Waals surface area contributed by atoms with Gasteiger partial charge in [0.15, 0.2) is 6.61 Å². The summed E-state index contributed by atoms with van der Waals surface area (Å²) in [7, 11) is 0. The van der Waals surface area contributed by atoms with Gasteiger partial charge in [-0.15, -0.1) is 12.4 Å². The van der Waals surface area contributed by atoms with Crippen molar-refractivity contribution < 1.29 is 22.7 Å². The Morgan fingerprint density at radius 3 is 2.75 bits per heavy atom. The van der Waals surface area contributed by atoms with E-state index in [1.54, 1.807) is 18.2 Å². The molecule has 1 unspecified atom stereocenters. The van der Waals surface area contributed by atoms with E-state index in [4.69, 9.17) is 4.74 Å². The molecule has 0 radical (unpaired) electrons. The lowest BCUT2D eigenvalue weighted by Gasteiger charge is -2.14. The Kier molecular flexibility index (Phi) is 8.35. The van der Waals surface area contributed by atoms with Crippen molar-refractivity contribution in [1.82, 2.24) is 10.6 Å². The lowest BCUT2D eigenvalue weighted by atomic mass is 10.0. The van der Waals surface area contributed by atoms with Crippen LogP contribution in [0.4, 0.5) is 13.2 Å². The smallest absolute Gasteiger partial charge is 0.422 e. The quantitative estimate of drug-likeness (QED) is 0.779. The minimum absolute atomic E-state index is 0. The van der Waals surface area contributed by atoms with E-state index in [1.165, 1.54) is 6.07 Å². The van der Waals surface area contributed by atoms with Crippen molar-refractivity contribution in [3.05, 3.63) is 29.8 Å². The van der Waals surface area contributed by atoms with Crippen LogP contribution < -0.4 is 15.4 Å². The van der Waals surface area contributed by atoms with Crippen molar-refractivity contribution in [1.29, 1.82) is 0 Å². The van der Waals surface area contributed by atoms with Gasteiger partial charge in [0.2, 0.25) is 5.91 Å². The van der Waals surface area contributed by atoms with Crippen LogP contribution >= 0.6 is 12.4 Å². The average Bonchev–Trinajstić information content (AvgIpc) is 3.02. The summed E-state index contributed by atoms with van der Waals surface area (Å²) in [6.07, 6.45) is -2.05. The van der Waals surface area contributed by atoms with Gasteiger partial charge in [-0.1, -0.05) is 18.2 Å². The molecule has 1 aliphatic heterocycles. The van der Waals surface area contributed by atoms with E-state index >= 15 is 0 Å². The molecule has 4 nitrogen and oxygen atoms in total. The number of alkyl halides is 3. The van der Waals surface area contributed by atoms with E-state index in [0.717, 1.165) is 25.9 Å². The highest BCUT2D eigenvalue weighted by atomic mass is 35.5. The zero-order valence-electron chi connectivity index (χ0n) is 13.2. The van der Waals surface area contributed by atoms with Crippen LogP contribution in [0.5, 0.6) is 5.75 Å². The number of hydrogen-bond donors (Lipinski definition) is 2. The highest BCUT2D eigenvalue weighted by Gasteiger charge is 2.28. The predicted molar refractivity (Wildman–Crippen MR) is 87.3 cm³/mol. The van der Waals surface area contributed by atoms with E-state index in [9.17, 15) is 18.0 Å². The minimum Gasteiger partial charge on any atom is -0.484 e. The van der Waals surface area contributed by atoms with E-state index in [2.05, 4.69) is 10.6 Å². The third-order valence-corrected chi connectivity index (χ3v) is 3.78. The molecule has 2 N–H and O–H groups in total. The number of carbonyl (C=O) groups excluding carboxylic acids is 1. The van der Waals surface area contributed by atoms with E-state index in [1.807, 2.05) is 0 Å². The van der Waals surface area contributed by atoms with Crippen LogP contribution in [0.3, 0.4) is 0 Å². The Bertz CT molecular complexity index is 520. The summed E-state index contributed by atoms with van der Waals surface area (Å²) < 4.78 is 41.5. The van der Waals surface area contributed by atoms with Gasteiger partial charge in [0.05, 0.1) is 0 Å². The van der Waals surface area contributed by atoms with Gasteiger partial charge in [0.1, 0.15) is 5.75 Å². The van der Waals surface area contributed by atoms with Gasteiger partial charge < -0.3 is 15.4 Å². The number of para-hydroxylation sites is 1. The van der Waals surface area contributed by atoms with Crippen LogP contribution in [-0.2, 0) is 11.3 Å². The summed E-state index contributed by atoms with van der Waals surface area (Å²) in [5.74, 6) is 0.579. The first-order valence-electron chi connectivity index (χ1n) is 7.69. The topological polar surface area (TPSA) is 50.4 Å². The molecular formula is C16H22ClF3N2O2. The Morgan fingerprint density at radius 1 is 1.33 bits per heavy atom. The number of benzene rings is 1. The SMILES string of the molecule is Cl.O=C(CCC1CCNC1)NCc1ccccc1OCC(F)(F)F. The highest BCUT2D eigenvalue weighted by Crippen LogP contribution is 2.22. The molecule has 0 bridgehead atoms. The van der Waals surface area contributed by atoms with Gasteiger partial charge in [-0.25, -0.2) is 0 Å². The molecule has 0 spiro atoms. The lowest BCUT2D eigenvalue weighted by molar-refractivity contribution is -0.153. The molecule has 1 aromatic rings. The van der Waals surface area contributed by atoms with Gasteiger partial charge in [0, 0.05) is 18.5 Å². The number of ether oxygens (including phenoxy) is 1. The van der Waals surface area contributed by atoms with Gasteiger partial charge in [0.25, 0.3) is 0 Å². The standard InChI is InChI=1S/C16H21F3N2O2.ClH/c17-16(18,19)11-23-14-4-2-1-3-13(14)10-21-15(22)6-5-12-7-8-20-9-12;/h1-4,12,20H,5-11H2,(H,21,22);1H. The lowest BCUT2D eigenvalue weighted by Crippen LogP contribution is -2.24. The number of carbonyl (C=O) groups is 1. The normalized spacial score (nSPS) is 17.2. The summed E-state index contributed by atoms with van der Waals surface area (Å²) >= 11 is 0. The van der Waals surface area contributed by atoms with Crippen molar-refractivity contribution in [3.63, 3.8) is 0 Å². The van der Waals surface area contributed by atoms with E-state index in [0.29, 0.717) is 17.9 Å². The number of rotatable bonds is 7. The second-order valence-corrected chi connectivity index (χ2v) is 5.69. The Balaban J connectivity index is 0.00000288. The molecule has 0 saturated carbocycles. The zero-order chi connectivity index (χ0) is 16.7. The number of amides is 1. The molecule has 0 aromatic heterocycles. The second-order valence-electron chi connectivity index (χ2n) is 5.69. The molecule has 0 aliphatic carbocycles. The average molecular weight is 367 g/mol. The highest BCUT2D eigenvalue weighted by molar-refractivity contribution is 5.85. The van der Waals surface area contributed by atoms with E-state index < -0.39 is 12.8 Å². The molecular weight excluding hydrogens is 345 g/mol. The first kappa shape index (κ1) is 20.6. The molecule has 1 fully saturated rings. The van der Waals surface area contributed by atoms with Crippen LogP contribution in [0.2, 0.25) is 0 Å². The maximum absolute atomic E-state index is 12.2. The van der Waals surface area contributed by atoms with Crippen molar-refractivity contribution in [2.45, 2.75) is 32.0 Å². The first-order valence-corrected chi connectivity index (χ1v) is 7.69. The molecule has 2 rings (SSSR count). The van der Waals surface area contributed by atoms with Crippen molar-refractivity contribution in [2.24, 2.45) is 5.92 Å². The van der Waals surface area contributed by atoms with Gasteiger partial charge in [-0.2, -0.15) is 13.2 Å². The Hall–Kier alpha value is -1.47. The molecule has 1 aliphatic rings. The van der Waals surface area contributed by atoms with Crippen LogP contribution in [0.15, 0.2) is 24.3 Å². The summed E-state index contributed by atoms with van der Waals surface area (Å²) in [5.41, 5.74) is 0.535. The van der Waals surface area contributed by atoms with Crippen LogP contribution in [0, 0.1) is 5.92 Å². The van der Waals surface area contributed by atoms with Gasteiger partial charge in [-0.3, -0.25) is 4.79 Å². The van der Waals surface area contributed by atoms with Crippen molar-refractivity contribution in [2.75, 3.05) is 19.7 Å². The Labute approximate surface area is 145 Å². The Morgan fingerprint density at radius 2 is 2.08 bits per heavy atom. The molecule has 136 valence electrons. The van der Waals surface area contributed by atoms with Crippen LogP contribution in [0.25, 0.3) is 0 Å². The summed E-state index contributed by atoms with van der Waals surface area (Å²) in [4.78, 5) is 11.8. The third kappa shape index (κ3) is 7.40. The summed E-state index contributed by atoms with van der Waals surface area (Å²) in [6.45, 7) is 0.764. The molecule has 1 saturated heterocycles. The number of hydrogen-bond acceptors (Lipinski definition) is 3. The summed E-state index contributed by atoms with van der Waals surface area (Å²) in [5, 5.41) is 5.99. The predicted octanol–water partition coefficient (Wildman–Crippen LogP) is 3.06.